The van der Waals surface area contributed by atoms with Crippen LogP contribution in [-0.4, -0.2) is 36.6 Å². The Morgan fingerprint density at radius 3 is 2.70 bits per heavy atom. The molecule has 1 saturated heterocycles. The van der Waals surface area contributed by atoms with Gasteiger partial charge in [-0.3, -0.25) is 4.79 Å². The first-order chi connectivity index (χ1) is 11.3. The Balaban J connectivity index is 1.71. The highest BCUT2D eigenvalue weighted by Crippen LogP contribution is 2.33. The number of rotatable bonds is 6. The summed E-state index contributed by atoms with van der Waals surface area (Å²) < 4.78 is 5.77. The summed E-state index contributed by atoms with van der Waals surface area (Å²) in [6, 6.07) is 10.2. The van der Waals surface area contributed by atoms with E-state index in [1.165, 1.54) is 5.56 Å². The predicted octanol–water partition coefficient (Wildman–Crippen LogP) is 2.57. The van der Waals surface area contributed by atoms with Crippen molar-refractivity contribution in [1.82, 2.24) is 4.90 Å². The zero-order chi connectivity index (χ0) is 16.1. The number of ether oxygens (including phenoxy) is 1. The third kappa shape index (κ3) is 4.12. The molecule has 4 nitrogen and oxygen atoms in total. The van der Waals surface area contributed by atoms with E-state index in [2.05, 4.69) is 12.1 Å². The van der Waals surface area contributed by atoms with E-state index in [0.717, 1.165) is 38.7 Å². The number of hydrogen-bond donors (Lipinski definition) is 1. The lowest BCUT2D eigenvalue weighted by Gasteiger charge is -2.30. The minimum atomic E-state index is 0.102. The highest BCUT2D eigenvalue weighted by molar-refractivity contribution is 5.79. The van der Waals surface area contributed by atoms with E-state index in [1.807, 2.05) is 23.1 Å². The van der Waals surface area contributed by atoms with Gasteiger partial charge in [-0.25, -0.2) is 0 Å². The molecule has 0 aromatic heterocycles. The van der Waals surface area contributed by atoms with Gasteiger partial charge in [-0.15, -0.1) is 0 Å². The Morgan fingerprint density at radius 1 is 1.17 bits per heavy atom. The van der Waals surface area contributed by atoms with E-state index < -0.39 is 0 Å². The molecule has 1 aliphatic heterocycles. The summed E-state index contributed by atoms with van der Waals surface area (Å²) in [5, 5.41) is 0. The number of carbonyl (C=O) groups is 1. The van der Waals surface area contributed by atoms with Crippen molar-refractivity contribution in [2.45, 2.75) is 44.8 Å². The van der Waals surface area contributed by atoms with Gasteiger partial charge in [0.25, 0.3) is 0 Å². The zero-order valence-corrected chi connectivity index (χ0v) is 13.8. The van der Waals surface area contributed by atoms with Gasteiger partial charge in [0.05, 0.1) is 6.10 Å². The molecule has 3 rings (SSSR count). The maximum Gasteiger partial charge on any atom is 0.226 e. The summed E-state index contributed by atoms with van der Waals surface area (Å²) in [4.78, 5) is 15.1. The van der Waals surface area contributed by atoms with Crippen molar-refractivity contribution in [3.05, 3.63) is 35.9 Å². The first-order valence-corrected chi connectivity index (χ1v) is 8.92. The van der Waals surface area contributed by atoms with Gasteiger partial charge in [0.2, 0.25) is 5.91 Å². The minimum absolute atomic E-state index is 0.102. The molecule has 3 atom stereocenters. The SMILES string of the molecule is NC[C@H]1CCC[C@H]1C(=O)N(Cc1ccccc1)CC1CCCO1. The van der Waals surface area contributed by atoms with Crippen molar-refractivity contribution in [3.63, 3.8) is 0 Å². The summed E-state index contributed by atoms with van der Waals surface area (Å²) in [7, 11) is 0. The van der Waals surface area contributed by atoms with Gasteiger partial charge in [-0.2, -0.15) is 0 Å². The van der Waals surface area contributed by atoms with Crippen LogP contribution in [-0.2, 0) is 16.1 Å². The first-order valence-electron chi connectivity index (χ1n) is 8.92. The number of nitrogens with two attached hydrogens (primary N) is 1. The van der Waals surface area contributed by atoms with Crippen LogP contribution in [0.5, 0.6) is 0 Å². The molecule has 126 valence electrons. The van der Waals surface area contributed by atoms with Crippen LogP contribution in [0.1, 0.15) is 37.7 Å². The lowest BCUT2D eigenvalue weighted by Crippen LogP contribution is -2.42. The second-order valence-corrected chi connectivity index (χ2v) is 6.87. The monoisotopic (exact) mass is 316 g/mol. The van der Waals surface area contributed by atoms with Gasteiger partial charge in [-0.1, -0.05) is 36.8 Å². The molecule has 23 heavy (non-hydrogen) atoms. The quantitative estimate of drug-likeness (QED) is 0.877. The van der Waals surface area contributed by atoms with E-state index in [1.54, 1.807) is 0 Å². The maximum absolute atomic E-state index is 13.1. The molecule has 0 radical (unpaired) electrons. The molecule has 0 bridgehead atoms. The van der Waals surface area contributed by atoms with Crippen LogP contribution in [0.3, 0.4) is 0 Å². The van der Waals surface area contributed by atoms with Gasteiger partial charge >= 0.3 is 0 Å². The number of amides is 1. The Morgan fingerprint density at radius 2 is 2.00 bits per heavy atom. The molecule has 1 saturated carbocycles. The third-order valence-corrected chi connectivity index (χ3v) is 5.25. The number of benzene rings is 1. The summed E-state index contributed by atoms with van der Waals surface area (Å²) in [6.45, 7) is 2.83. The molecule has 1 aromatic rings. The minimum Gasteiger partial charge on any atom is -0.376 e. The van der Waals surface area contributed by atoms with Crippen LogP contribution in [0.2, 0.25) is 0 Å². The Bertz CT molecular complexity index is 499. The largest absolute Gasteiger partial charge is 0.376 e. The molecule has 2 N–H and O–H groups in total. The Kier molecular flexibility index (Phi) is 5.68. The average molecular weight is 316 g/mol. The van der Waals surface area contributed by atoms with Crippen LogP contribution in [0.4, 0.5) is 0 Å². The molecule has 1 unspecified atom stereocenters. The fourth-order valence-electron chi connectivity index (χ4n) is 3.95. The molecular formula is C19H28N2O2. The maximum atomic E-state index is 13.1. The van der Waals surface area contributed by atoms with Gasteiger partial charge < -0.3 is 15.4 Å². The summed E-state index contributed by atoms with van der Waals surface area (Å²) in [5.41, 5.74) is 7.06. The van der Waals surface area contributed by atoms with E-state index in [9.17, 15) is 4.79 Å². The molecule has 2 fully saturated rings. The zero-order valence-electron chi connectivity index (χ0n) is 13.8. The summed E-state index contributed by atoms with van der Waals surface area (Å²) in [6.07, 6.45) is 5.55. The lowest BCUT2D eigenvalue weighted by atomic mass is 9.94. The highest BCUT2D eigenvalue weighted by atomic mass is 16.5. The second kappa shape index (κ2) is 7.93. The van der Waals surface area contributed by atoms with Gasteiger partial charge in [0.1, 0.15) is 0 Å². The number of carbonyl (C=O) groups excluding carboxylic acids is 1. The van der Waals surface area contributed by atoms with Crippen LogP contribution >= 0.6 is 0 Å². The molecule has 4 heteroatoms. The standard InChI is InChI=1S/C19H28N2O2/c20-12-16-8-4-10-18(16)19(22)21(14-17-9-5-11-23-17)13-15-6-2-1-3-7-15/h1-3,6-7,16-18H,4-5,8-14,20H2/t16-,17?,18-/m1/s1. The average Bonchev–Trinajstić information content (AvgIpc) is 3.25. The molecule has 2 aliphatic rings. The third-order valence-electron chi connectivity index (χ3n) is 5.25. The van der Waals surface area contributed by atoms with Crippen LogP contribution in [0, 0.1) is 11.8 Å². The van der Waals surface area contributed by atoms with E-state index >= 15 is 0 Å². The fraction of sp³-hybridized carbons (Fsp3) is 0.632. The molecule has 1 aliphatic carbocycles. The summed E-state index contributed by atoms with van der Waals surface area (Å²) in [5.74, 6) is 0.729. The molecule has 1 heterocycles. The van der Waals surface area contributed by atoms with Crippen molar-refractivity contribution in [2.75, 3.05) is 19.7 Å². The van der Waals surface area contributed by atoms with Crippen molar-refractivity contribution in [2.24, 2.45) is 17.6 Å². The van der Waals surface area contributed by atoms with Crippen molar-refractivity contribution < 1.29 is 9.53 Å². The van der Waals surface area contributed by atoms with E-state index in [4.69, 9.17) is 10.5 Å². The van der Waals surface area contributed by atoms with E-state index in [0.29, 0.717) is 25.6 Å². The van der Waals surface area contributed by atoms with Crippen LogP contribution < -0.4 is 5.73 Å². The molecule has 1 amide bonds. The highest BCUT2D eigenvalue weighted by Gasteiger charge is 2.35. The first kappa shape index (κ1) is 16.5. The van der Waals surface area contributed by atoms with Gasteiger partial charge in [-0.05, 0) is 43.7 Å². The van der Waals surface area contributed by atoms with Gasteiger partial charge in [0.15, 0.2) is 0 Å². The Labute approximate surface area is 139 Å². The van der Waals surface area contributed by atoms with Crippen molar-refractivity contribution >= 4 is 5.91 Å². The van der Waals surface area contributed by atoms with Crippen LogP contribution in [0.25, 0.3) is 0 Å². The molecular weight excluding hydrogens is 288 g/mol. The van der Waals surface area contributed by atoms with Gasteiger partial charge in [0, 0.05) is 25.6 Å². The number of nitrogens with zero attached hydrogens (tertiary/aromatic N) is 1. The molecule has 1 aromatic carbocycles. The topological polar surface area (TPSA) is 55.6 Å². The van der Waals surface area contributed by atoms with Crippen molar-refractivity contribution in [1.29, 1.82) is 0 Å². The summed E-state index contributed by atoms with van der Waals surface area (Å²) >= 11 is 0. The molecule has 0 spiro atoms. The predicted molar refractivity (Wildman–Crippen MR) is 90.7 cm³/mol. The van der Waals surface area contributed by atoms with Crippen LogP contribution in [0.15, 0.2) is 30.3 Å². The van der Waals surface area contributed by atoms with E-state index in [-0.39, 0.29) is 17.9 Å². The normalized spacial score (nSPS) is 27.3. The fourth-order valence-corrected chi connectivity index (χ4v) is 3.95. The Hall–Kier alpha value is -1.39. The second-order valence-electron chi connectivity index (χ2n) is 6.87. The lowest BCUT2D eigenvalue weighted by molar-refractivity contribution is -0.138. The van der Waals surface area contributed by atoms with Crippen molar-refractivity contribution in [3.8, 4) is 0 Å². The smallest absolute Gasteiger partial charge is 0.226 e. The number of hydrogen-bond acceptors (Lipinski definition) is 3.